The Morgan fingerprint density at radius 1 is 0.365 bits per heavy atom. The Labute approximate surface area is 306 Å². The van der Waals surface area contributed by atoms with Crippen LogP contribution in [0.4, 0.5) is 0 Å². The molecule has 0 aliphatic heterocycles. The standard InChI is InChI=1S/C50H30O2/c1-2-13-33(14-3-1)37-28-29-42(49-47(37)40-18-8-10-20-43(40)51-49)46-39-17-7-6-16-38(39)45(50-48(46)41-19-9-11-21-44(41)52-50)34-25-22-32(23-26-34)36-27-24-31-12-4-5-15-35(31)30-36/h1-30H/i1D,2D,3D,13D,14D. The summed E-state index contributed by atoms with van der Waals surface area (Å²) >= 11 is 0. The van der Waals surface area contributed by atoms with Gasteiger partial charge in [-0.05, 0) is 73.6 Å². The van der Waals surface area contributed by atoms with Crippen LogP contribution in [0.1, 0.15) is 6.85 Å². The van der Waals surface area contributed by atoms with Crippen molar-refractivity contribution in [2.75, 3.05) is 0 Å². The Bertz CT molecular complexity index is 3440. The van der Waals surface area contributed by atoms with E-state index in [1.165, 1.54) is 10.8 Å². The summed E-state index contributed by atoms with van der Waals surface area (Å²) in [6.07, 6.45) is 0. The summed E-state index contributed by atoms with van der Waals surface area (Å²) in [6.45, 7) is 0. The fraction of sp³-hybridized carbons (Fsp3) is 0. The number of hydrogen-bond donors (Lipinski definition) is 0. The molecule has 0 bridgehead atoms. The van der Waals surface area contributed by atoms with Crippen molar-refractivity contribution in [2.24, 2.45) is 0 Å². The van der Waals surface area contributed by atoms with Crippen LogP contribution in [0.3, 0.4) is 0 Å². The molecule has 0 saturated carbocycles. The highest BCUT2D eigenvalue weighted by Gasteiger charge is 2.25. The third kappa shape index (κ3) is 4.31. The van der Waals surface area contributed by atoms with Crippen LogP contribution in [0.2, 0.25) is 0 Å². The molecule has 0 unspecified atom stereocenters. The highest BCUT2D eigenvalue weighted by Crippen LogP contribution is 2.51. The number of para-hydroxylation sites is 2. The SMILES string of the molecule is [2H]c1c([2H])c([2H])c(-c2ccc(-c3c4ccccc4c(-c4ccc(-c5ccc6ccccc6c5)cc4)c4oc5ccccc5c34)c3oc4ccccc4c23)c([2H])c1[2H]. The topological polar surface area (TPSA) is 26.3 Å². The molecule has 0 N–H and O–H groups in total. The summed E-state index contributed by atoms with van der Waals surface area (Å²) in [6, 6.07) is 49.9. The maximum absolute atomic E-state index is 8.90. The van der Waals surface area contributed by atoms with E-state index in [1.807, 2.05) is 66.7 Å². The lowest BCUT2D eigenvalue weighted by molar-refractivity contribution is 0.670. The van der Waals surface area contributed by atoms with Gasteiger partial charge in [-0.25, -0.2) is 0 Å². The van der Waals surface area contributed by atoms with E-state index in [4.69, 9.17) is 15.7 Å². The molecule has 2 nitrogen and oxygen atoms in total. The van der Waals surface area contributed by atoms with Gasteiger partial charge in [-0.1, -0.05) is 158 Å². The Hall–Kier alpha value is -6.90. The minimum absolute atomic E-state index is 0.135. The first kappa shape index (κ1) is 24.3. The van der Waals surface area contributed by atoms with E-state index in [-0.39, 0.29) is 29.7 Å². The van der Waals surface area contributed by atoms with Gasteiger partial charge in [0.25, 0.3) is 0 Å². The van der Waals surface area contributed by atoms with Crippen molar-refractivity contribution in [1.82, 2.24) is 0 Å². The molecule has 11 aromatic rings. The molecule has 0 spiro atoms. The van der Waals surface area contributed by atoms with Gasteiger partial charge in [0.1, 0.15) is 22.3 Å². The number of fused-ring (bicyclic) bond motifs is 8. The maximum atomic E-state index is 8.90. The van der Waals surface area contributed by atoms with Crippen molar-refractivity contribution in [2.45, 2.75) is 0 Å². The zero-order valence-electron chi connectivity index (χ0n) is 32.8. The molecule has 242 valence electrons. The fourth-order valence-electron chi connectivity index (χ4n) is 8.03. The lowest BCUT2D eigenvalue weighted by Gasteiger charge is -2.16. The summed E-state index contributed by atoms with van der Waals surface area (Å²) in [5.74, 6) is 0. The van der Waals surface area contributed by atoms with Crippen LogP contribution >= 0.6 is 0 Å². The van der Waals surface area contributed by atoms with Gasteiger partial charge in [-0.3, -0.25) is 0 Å². The second-order valence-corrected chi connectivity index (χ2v) is 13.2. The molecule has 0 radical (unpaired) electrons. The summed E-state index contributed by atoms with van der Waals surface area (Å²) < 4.78 is 56.6. The molecule has 0 aliphatic carbocycles. The molecule has 0 fully saturated rings. The zero-order valence-corrected chi connectivity index (χ0v) is 27.8. The average Bonchev–Trinajstić information content (AvgIpc) is 3.84. The predicted octanol–water partition coefficient (Wildman–Crippen LogP) is 14.5. The first-order chi connectivity index (χ1) is 27.9. The van der Waals surface area contributed by atoms with E-state index in [9.17, 15) is 0 Å². The van der Waals surface area contributed by atoms with Crippen LogP contribution in [0, 0.1) is 0 Å². The van der Waals surface area contributed by atoms with Gasteiger partial charge >= 0.3 is 0 Å². The number of rotatable bonds is 4. The largest absolute Gasteiger partial charge is 0.455 e. The Morgan fingerprint density at radius 2 is 0.923 bits per heavy atom. The van der Waals surface area contributed by atoms with Crippen LogP contribution < -0.4 is 0 Å². The number of benzene rings is 9. The Kier molecular flexibility index (Phi) is 5.28. The molecule has 0 amide bonds. The van der Waals surface area contributed by atoms with Crippen molar-refractivity contribution < 1.29 is 15.7 Å². The van der Waals surface area contributed by atoms with E-state index in [1.54, 1.807) is 0 Å². The van der Waals surface area contributed by atoms with Gasteiger partial charge in [0, 0.05) is 38.2 Å². The lowest BCUT2D eigenvalue weighted by atomic mass is 9.86. The second-order valence-electron chi connectivity index (χ2n) is 13.2. The van der Waals surface area contributed by atoms with E-state index < -0.39 is 6.04 Å². The summed E-state index contributed by atoms with van der Waals surface area (Å²) in [4.78, 5) is 0. The monoisotopic (exact) mass is 667 g/mol. The van der Waals surface area contributed by atoms with Crippen LogP contribution in [0.15, 0.2) is 191 Å². The van der Waals surface area contributed by atoms with E-state index >= 15 is 0 Å². The van der Waals surface area contributed by atoms with Gasteiger partial charge in [0.2, 0.25) is 0 Å². The normalized spacial score (nSPS) is 13.2. The number of furan rings is 2. The maximum Gasteiger partial charge on any atom is 0.144 e. The third-order valence-electron chi connectivity index (χ3n) is 10.4. The molecule has 0 saturated heterocycles. The Morgan fingerprint density at radius 3 is 1.67 bits per heavy atom. The highest BCUT2D eigenvalue weighted by molar-refractivity contribution is 6.29. The molecular formula is C50H30O2. The first-order valence-corrected chi connectivity index (χ1v) is 17.3. The molecule has 2 heteroatoms. The molecular weight excluding hydrogens is 633 g/mol. The average molecular weight is 668 g/mol. The minimum Gasteiger partial charge on any atom is -0.455 e. The fourth-order valence-corrected chi connectivity index (χ4v) is 8.03. The minimum atomic E-state index is -0.428. The smallest absolute Gasteiger partial charge is 0.144 e. The quantitative estimate of drug-likeness (QED) is 0.187. The van der Waals surface area contributed by atoms with Crippen molar-refractivity contribution in [3.8, 4) is 44.5 Å². The predicted molar refractivity (Wildman–Crippen MR) is 218 cm³/mol. The first-order valence-electron chi connectivity index (χ1n) is 19.8. The molecule has 9 aromatic carbocycles. The Balaban J connectivity index is 1.21. The molecule has 2 aromatic heterocycles. The van der Waals surface area contributed by atoms with Crippen molar-refractivity contribution in [1.29, 1.82) is 0 Å². The molecule has 52 heavy (non-hydrogen) atoms. The molecule has 0 atom stereocenters. The van der Waals surface area contributed by atoms with Crippen LogP contribution in [0.25, 0.3) is 110 Å². The molecule has 0 aliphatic rings. The van der Waals surface area contributed by atoms with E-state index in [0.29, 0.717) is 22.1 Å². The second kappa shape index (κ2) is 11.3. The van der Waals surface area contributed by atoms with Gasteiger partial charge in [0.15, 0.2) is 0 Å². The van der Waals surface area contributed by atoms with Gasteiger partial charge in [0.05, 0.1) is 6.85 Å². The molecule has 2 heterocycles. The van der Waals surface area contributed by atoms with E-state index in [2.05, 4.69) is 84.9 Å². The van der Waals surface area contributed by atoms with Crippen LogP contribution in [-0.2, 0) is 0 Å². The summed E-state index contributed by atoms with van der Waals surface area (Å²) in [5, 5.41) is 7.79. The van der Waals surface area contributed by atoms with Crippen molar-refractivity contribution in [3.05, 3.63) is 182 Å². The van der Waals surface area contributed by atoms with Crippen LogP contribution in [0.5, 0.6) is 0 Å². The van der Waals surface area contributed by atoms with Crippen LogP contribution in [-0.4, -0.2) is 0 Å². The van der Waals surface area contributed by atoms with Crippen molar-refractivity contribution >= 4 is 65.4 Å². The highest BCUT2D eigenvalue weighted by atomic mass is 16.3. The molecule has 11 rings (SSSR count). The summed E-state index contributed by atoms with van der Waals surface area (Å²) in [7, 11) is 0. The van der Waals surface area contributed by atoms with Gasteiger partial charge in [-0.15, -0.1) is 0 Å². The lowest BCUT2D eigenvalue weighted by Crippen LogP contribution is -1.90. The van der Waals surface area contributed by atoms with Gasteiger partial charge < -0.3 is 8.83 Å². The summed E-state index contributed by atoms with van der Waals surface area (Å²) in [5.41, 5.74) is 9.37. The zero-order chi connectivity index (χ0) is 38.5. The third-order valence-corrected chi connectivity index (χ3v) is 10.4. The van der Waals surface area contributed by atoms with E-state index in [0.717, 1.165) is 71.5 Å². The van der Waals surface area contributed by atoms with Gasteiger partial charge in [-0.2, -0.15) is 0 Å². The van der Waals surface area contributed by atoms with Crippen molar-refractivity contribution in [3.63, 3.8) is 0 Å². The number of hydrogen-bond acceptors (Lipinski definition) is 2.